The average Bonchev–Trinajstić information content (AvgIpc) is 1.09. The summed E-state index contributed by atoms with van der Waals surface area (Å²) in [6.45, 7) is 9.91. The molecule has 16 aromatic rings. The van der Waals surface area contributed by atoms with Crippen LogP contribution in [-0.4, -0.2) is 9.13 Å². The fourth-order valence-electron chi connectivity index (χ4n) is 18.6. The molecule has 0 bridgehead atoms. The van der Waals surface area contributed by atoms with Gasteiger partial charge in [0.25, 0.3) is 0 Å². The van der Waals surface area contributed by atoms with Crippen LogP contribution in [0.3, 0.4) is 0 Å². The highest BCUT2D eigenvalue weighted by molar-refractivity contribution is 6.16. The average molecular weight is 1150 g/mol. The van der Waals surface area contributed by atoms with Gasteiger partial charge in [-0.1, -0.05) is 276 Å². The van der Waals surface area contributed by atoms with Gasteiger partial charge in [-0.25, -0.2) is 0 Å². The molecule has 90 heavy (non-hydrogen) atoms. The van der Waals surface area contributed by atoms with Crippen LogP contribution in [0.5, 0.6) is 0 Å². The van der Waals surface area contributed by atoms with Crippen molar-refractivity contribution in [1.29, 1.82) is 0 Å². The lowest BCUT2D eigenvalue weighted by Crippen LogP contribution is -2.44. The first-order chi connectivity index (χ1) is 44.2. The van der Waals surface area contributed by atoms with Crippen molar-refractivity contribution in [2.75, 3.05) is 0 Å². The van der Waals surface area contributed by atoms with Crippen LogP contribution in [-0.2, 0) is 21.7 Å². The van der Waals surface area contributed by atoms with Crippen molar-refractivity contribution >= 4 is 65.2 Å². The van der Waals surface area contributed by atoms with Gasteiger partial charge >= 0.3 is 0 Å². The summed E-state index contributed by atoms with van der Waals surface area (Å²) >= 11 is 0. The van der Waals surface area contributed by atoms with Crippen LogP contribution in [0.1, 0.15) is 94.5 Å². The quantitative estimate of drug-likeness (QED) is 0.167. The molecule has 1 unspecified atom stereocenters. The number of hydrogen-bond donors (Lipinski definition) is 0. The third-order valence-corrected chi connectivity index (χ3v) is 22.1. The highest BCUT2D eigenvalue weighted by Crippen LogP contribution is 2.65. The molecule has 1 atom stereocenters. The fraction of sp³-hybridized carbons (Fsp3) is 0.0909. The number of aromatic nitrogens is 2. The number of fused-ring (bicyclic) bond motifs is 26. The van der Waals surface area contributed by atoms with Gasteiger partial charge in [0.15, 0.2) is 0 Å². The predicted octanol–water partition coefficient (Wildman–Crippen LogP) is 21.9. The van der Waals surface area contributed by atoms with Crippen LogP contribution in [0.15, 0.2) is 291 Å². The Morgan fingerprint density at radius 2 is 0.700 bits per heavy atom. The maximum absolute atomic E-state index is 2.62. The predicted molar refractivity (Wildman–Crippen MR) is 374 cm³/mol. The van der Waals surface area contributed by atoms with Gasteiger partial charge in [0.05, 0.1) is 44.3 Å². The molecule has 2 aliphatic carbocycles. The molecule has 2 nitrogen and oxygen atoms in total. The Morgan fingerprint density at radius 3 is 1.34 bits per heavy atom. The monoisotopic (exact) mass is 1140 g/mol. The van der Waals surface area contributed by atoms with Crippen LogP contribution in [0.25, 0.3) is 110 Å². The van der Waals surface area contributed by atoms with E-state index in [0.29, 0.717) is 0 Å². The van der Waals surface area contributed by atoms with Gasteiger partial charge in [-0.2, -0.15) is 0 Å². The summed E-state index contributed by atoms with van der Waals surface area (Å²) in [4.78, 5) is 0. The van der Waals surface area contributed by atoms with Crippen molar-refractivity contribution in [3.8, 4) is 44.8 Å². The summed E-state index contributed by atoms with van der Waals surface area (Å²) in [6.07, 6.45) is 0. The Hall–Kier alpha value is -10.8. The van der Waals surface area contributed by atoms with Gasteiger partial charge in [0.2, 0.25) is 0 Å². The molecular formula is C88H60N2. The number of hydrogen-bond acceptors (Lipinski definition) is 0. The standard InChI is InChI=1S/C88H60N2/c1-85(2)66-45-42-57(53-22-7-5-8-23-53)51-74(66)88(75-52-58(43-46-67(75)85)54-24-9-6-10-25-54)69-34-15-18-39-79(69)90-77-49-44-59(50-65(77)64-32-21-36-73(88)84(64)90)60-30-19-27-56-41-48-71-82(80(56)60)86(3,4)81-61-28-12-11-26-55(61)40-47-70(81)87(71)68-33-14-17-38-78(68)89-76-37-16-13-29-62(76)63-31-20-35-72(87)83(63)89/h5-52H,1-4H3. The molecular weight excluding hydrogens is 1080 g/mol. The molecule has 0 N–H and O–H groups in total. The lowest BCUT2D eigenvalue weighted by Gasteiger charge is -2.51. The first-order valence-electron chi connectivity index (χ1n) is 32.0. The van der Waals surface area contributed by atoms with Gasteiger partial charge in [-0.15, -0.1) is 0 Å². The molecule has 0 saturated heterocycles. The molecule has 2 aromatic heterocycles. The number of benzene rings is 14. The van der Waals surface area contributed by atoms with Crippen LogP contribution in [0.2, 0.25) is 0 Å². The van der Waals surface area contributed by atoms with Crippen molar-refractivity contribution in [2.45, 2.75) is 49.4 Å². The SMILES string of the molecule is CC1(C)c2ccc(-c3ccccc3)cc2C2(c3ccccc3-n3c4ccc(-c5cccc6ccc7c(c56)C(C)(C)c5c(ccc6ccccc56)C75c6ccccc6-n6c7ccccc7c7cccc5c76)cc4c4cccc2c43)c2cc(-c3ccccc3)ccc21. The van der Waals surface area contributed by atoms with Crippen LogP contribution in [0, 0.1) is 0 Å². The Balaban J connectivity index is 0.884. The smallest absolute Gasteiger partial charge is 0.0748 e. The van der Waals surface area contributed by atoms with E-state index >= 15 is 0 Å². The zero-order valence-corrected chi connectivity index (χ0v) is 50.6. The molecule has 0 saturated carbocycles. The van der Waals surface area contributed by atoms with Crippen molar-refractivity contribution in [3.63, 3.8) is 0 Å². The Morgan fingerprint density at radius 1 is 0.244 bits per heavy atom. The van der Waals surface area contributed by atoms with E-state index in [1.165, 1.54) is 177 Å². The molecule has 2 aliphatic heterocycles. The molecule has 14 aromatic carbocycles. The van der Waals surface area contributed by atoms with E-state index in [2.05, 4.69) is 328 Å². The van der Waals surface area contributed by atoms with Gasteiger partial charge in [0.1, 0.15) is 0 Å². The summed E-state index contributed by atoms with van der Waals surface area (Å²) in [7, 11) is 0. The van der Waals surface area contributed by atoms with Crippen molar-refractivity contribution in [3.05, 3.63) is 358 Å². The molecule has 4 heterocycles. The summed E-state index contributed by atoms with van der Waals surface area (Å²) in [6, 6.07) is 112. The minimum atomic E-state index is -0.674. The van der Waals surface area contributed by atoms with Crippen LogP contribution < -0.4 is 0 Å². The molecule has 422 valence electrons. The normalized spacial score (nSPS) is 16.5. The molecule has 0 radical (unpaired) electrons. The Labute approximate surface area is 523 Å². The Bertz CT molecular complexity index is 5760. The lowest BCUT2D eigenvalue weighted by atomic mass is 9.52. The van der Waals surface area contributed by atoms with E-state index in [1.54, 1.807) is 0 Å². The minimum absolute atomic E-state index is 0.295. The van der Waals surface area contributed by atoms with E-state index < -0.39 is 16.2 Å². The summed E-state index contributed by atoms with van der Waals surface area (Å²) in [5.74, 6) is 0. The second-order valence-corrected chi connectivity index (χ2v) is 27.0. The van der Waals surface area contributed by atoms with E-state index in [4.69, 9.17) is 0 Å². The first kappa shape index (κ1) is 50.2. The van der Waals surface area contributed by atoms with Crippen LogP contribution in [0.4, 0.5) is 0 Å². The fourth-order valence-corrected chi connectivity index (χ4v) is 18.6. The summed E-state index contributed by atoms with van der Waals surface area (Å²) in [5, 5.41) is 10.2. The highest BCUT2D eigenvalue weighted by Gasteiger charge is 2.56. The molecule has 0 amide bonds. The second-order valence-electron chi connectivity index (χ2n) is 27.0. The highest BCUT2D eigenvalue weighted by atomic mass is 15.0. The molecule has 2 heteroatoms. The van der Waals surface area contributed by atoms with Gasteiger partial charge < -0.3 is 9.13 Å². The largest absolute Gasteiger partial charge is 0.309 e. The lowest BCUT2D eigenvalue weighted by molar-refractivity contribution is 0.556. The topological polar surface area (TPSA) is 9.86 Å². The molecule has 2 spiro atoms. The maximum Gasteiger partial charge on any atom is 0.0748 e. The van der Waals surface area contributed by atoms with Crippen LogP contribution >= 0.6 is 0 Å². The number of para-hydroxylation sites is 5. The Kier molecular flexibility index (Phi) is 9.77. The third-order valence-electron chi connectivity index (χ3n) is 22.1. The van der Waals surface area contributed by atoms with Gasteiger partial charge in [-0.05, 0) is 164 Å². The number of rotatable bonds is 3. The van der Waals surface area contributed by atoms with E-state index in [-0.39, 0.29) is 5.41 Å². The third kappa shape index (κ3) is 6.05. The van der Waals surface area contributed by atoms with E-state index in [0.717, 1.165) is 0 Å². The van der Waals surface area contributed by atoms with E-state index in [1.807, 2.05) is 0 Å². The second kappa shape index (κ2) is 17.5. The van der Waals surface area contributed by atoms with Gasteiger partial charge in [-0.3, -0.25) is 0 Å². The van der Waals surface area contributed by atoms with Crippen molar-refractivity contribution < 1.29 is 0 Å². The number of nitrogens with zero attached hydrogens (tertiary/aromatic N) is 2. The van der Waals surface area contributed by atoms with Gasteiger partial charge in [0, 0.05) is 32.4 Å². The summed E-state index contributed by atoms with van der Waals surface area (Å²) < 4.78 is 5.18. The molecule has 4 aliphatic rings. The summed E-state index contributed by atoms with van der Waals surface area (Å²) in [5.41, 5.74) is 28.9. The molecule has 0 fully saturated rings. The van der Waals surface area contributed by atoms with Crippen molar-refractivity contribution in [1.82, 2.24) is 9.13 Å². The minimum Gasteiger partial charge on any atom is -0.309 e. The van der Waals surface area contributed by atoms with Crippen molar-refractivity contribution in [2.24, 2.45) is 0 Å². The molecule has 20 rings (SSSR count). The van der Waals surface area contributed by atoms with E-state index in [9.17, 15) is 0 Å². The zero-order chi connectivity index (χ0) is 59.6. The maximum atomic E-state index is 2.62. The zero-order valence-electron chi connectivity index (χ0n) is 50.6. The first-order valence-corrected chi connectivity index (χ1v) is 32.0.